The molecule has 1 fully saturated rings. The Kier molecular flexibility index (Phi) is 6.46. The fraction of sp³-hybridized carbons (Fsp3) is 0.524. The van der Waals surface area contributed by atoms with E-state index in [0.29, 0.717) is 25.0 Å². The molecule has 12 heteroatoms. The van der Waals surface area contributed by atoms with Gasteiger partial charge in [0.1, 0.15) is 5.71 Å². The van der Waals surface area contributed by atoms with Crippen LogP contribution in [-0.2, 0) is 20.8 Å². The quantitative estimate of drug-likeness (QED) is 0.596. The number of nitrogens with one attached hydrogen (secondary N) is 1. The molecule has 33 heavy (non-hydrogen) atoms. The maximum Gasteiger partial charge on any atom is 0.432 e. The third kappa shape index (κ3) is 5.10. The van der Waals surface area contributed by atoms with Gasteiger partial charge in [-0.05, 0) is 62.8 Å². The highest BCUT2D eigenvalue weighted by atomic mass is 32.2. The summed E-state index contributed by atoms with van der Waals surface area (Å²) >= 11 is 0. The standard InChI is InChI=1S/C21H22F6N2O3S/c1-19(2,33(31,32)16-5-3-4-14(9-16)20(22,23)24)15-6-12(7-15)10-29-18(30)13-8-17(28-11-13)21(25,26)27/h3-5,8-9,12,15H,6-7,10-11H2,1-2H3,(H,29,30). The first-order valence-corrected chi connectivity index (χ1v) is 11.5. The molecule has 1 amide bonds. The summed E-state index contributed by atoms with van der Waals surface area (Å²) in [6, 6.07) is 3.61. The van der Waals surface area contributed by atoms with Crippen molar-refractivity contribution in [1.29, 1.82) is 0 Å². The topological polar surface area (TPSA) is 75.6 Å². The van der Waals surface area contributed by atoms with Gasteiger partial charge in [-0.3, -0.25) is 9.79 Å². The van der Waals surface area contributed by atoms with E-state index in [1.54, 1.807) is 0 Å². The Morgan fingerprint density at radius 2 is 1.73 bits per heavy atom. The molecule has 0 aromatic heterocycles. The lowest BCUT2D eigenvalue weighted by molar-refractivity contribution is -0.137. The Bertz CT molecular complexity index is 1100. The summed E-state index contributed by atoms with van der Waals surface area (Å²) in [5, 5.41) is 2.54. The van der Waals surface area contributed by atoms with Crippen molar-refractivity contribution in [2.45, 2.75) is 48.7 Å². The van der Waals surface area contributed by atoms with Gasteiger partial charge >= 0.3 is 12.4 Å². The lowest BCUT2D eigenvalue weighted by Gasteiger charge is -2.45. The average molecular weight is 496 g/mol. The van der Waals surface area contributed by atoms with Gasteiger partial charge in [-0.2, -0.15) is 26.3 Å². The maximum absolute atomic E-state index is 13.1. The maximum atomic E-state index is 13.1. The molecule has 0 radical (unpaired) electrons. The summed E-state index contributed by atoms with van der Waals surface area (Å²) in [6.07, 6.45) is -7.80. The zero-order valence-corrected chi connectivity index (χ0v) is 18.5. The van der Waals surface area contributed by atoms with Crippen LogP contribution in [0.2, 0.25) is 0 Å². The minimum absolute atomic E-state index is 0.0973. The molecule has 1 N–H and O–H groups in total. The average Bonchev–Trinajstić information content (AvgIpc) is 3.16. The molecule has 0 unspecified atom stereocenters. The van der Waals surface area contributed by atoms with E-state index in [2.05, 4.69) is 10.3 Å². The van der Waals surface area contributed by atoms with Gasteiger partial charge in [-0.25, -0.2) is 8.42 Å². The van der Waals surface area contributed by atoms with Crippen LogP contribution in [0, 0.1) is 11.8 Å². The molecule has 1 aromatic rings. The van der Waals surface area contributed by atoms with Crippen molar-refractivity contribution in [3.63, 3.8) is 0 Å². The van der Waals surface area contributed by atoms with E-state index in [9.17, 15) is 39.6 Å². The Morgan fingerprint density at radius 1 is 1.09 bits per heavy atom. The van der Waals surface area contributed by atoms with Crippen molar-refractivity contribution in [2.75, 3.05) is 13.1 Å². The molecule has 1 heterocycles. The first-order chi connectivity index (χ1) is 15.0. The predicted octanol–water partition coefficient (Wildman–Crippen LogP) is 4.34. The number of aliphatic imine (C=N–C) groups is 1. The molecular weight excluding hydrogens is 474 g/mol. The number of benzene rings is 1. The summed E-state index contributed by atoms with van der Waals surface area (Å²) in [5.41, 5.74) is -2.27. The second-order valence-corrected chi connectivity index (χ2v) is 11.3. The van der Waals surface area contributed by atoms with E-state index in [1.165, 1.54) is 13.8 Å². The van der Waals surface area contributed by atoms with Gasteiger partial charge in [-0.15, -0.1) is 0 Å². The smallest absolute Gasteiger partial charge is 0.352 e. The van der Waals surface area contributed by atoms with Crippen LogP contribution in [-0.4, -0.2) is 44.0 Å². The zero-order valence-electron chi connectivity index (χ0n) is 17.7. The Hall–Kier alpha value is -2.37. The number of alkyl halides is 6. The number of halogens is 6. The zero-order chi connectivity index (χ0) is 24.8. The van der Waals surface area contributed by atoms with Crippen LogP contribution in [0.1, 0.15) is 32.3 Å². The monoisotopic (exact) mass is 496 g/mol. The summed E-state index contributed by atoms with van der Waals surface area (Å²) in [7, 11) is -4.09. The van der Waals surface area contributed by atoms with E-state index in [4.69, 9.17) is 0 Å². The predicted molar refractivity (Wildman–Crippen MR) is 108 cm³/mol. The lowest BCUT2D eigenvalue weighted by atomic mass is 9.69. The van der Waals surface area contributed by atoms with E-state index in [1.807, 2.05) is 0 Å². The molecule has 0 atom stereocenters. The van der Waals surface area contributed by atoms with Crippen LogP contribution in [0.25, 0.3) is 0 Å². The number of allylic oxidation sites excluding steroid dienone is 1. The summed E-state index contributed by atoms with van der Waals surface area (Å²) in [4.78, 5) is 15.0. The number of sulfone groups is 1. The van der Waals surface area contributed by atoms with Crippen LogP contribution in [0.5, 0.6) is 0 Å². The van der Waals surface area contributed by atoms with Gasteiger partial charge in [0.2, 0.25) is 5.91 Å². The second-order valence-electron chi connectivity index (χ2n) is 8.75. The summed E-state index contributed by atoms with van der Waals surface area (Å²) < 4.78 is 102. The highest BCUT2D eigenvalue weighted by molar-refractivity contribution is 7.92. The van der Waals surface area contributed by atoms with E-state index in [-0.39, 0.29) is 30.5 Å². The van der Waals surface area contributed by atoms with Crippen molar-refractivity contribution in [1.82, 2.24) is 5.32 Å². The van der Waals surface area contributed by atoms with Gasteiger partial charge in [0, 0.05) is 12.1 Å². The largest absolute Gasteiger partial charge is 0.432 e. The Labute approximate surface area is 186 Å². The summed E-state index contributed by atoms with van der Waals surface area (Å²) in [5.74, 6) is -1.12. The van der Waals surface area contributed by atoms with Gasteiger partial charge in [0.25, 0.3) is 0 Å². The highest BCUT2D eigenvalue weighted by Crippen LogP contribution is 2.46. The van der Waals surface area contributed by atoms with Crippen molar-refractivity contribution < 1.29 is 39.6 Å². The molecular formula is C21H22F6N2O3S. The highest BCUT2D eigenvalue weighted by Gasteiger charge is 2.49. The van der Waals surface area contributed by atoms with E-state index < -0.39 is 49.0 Å². The second kappa shape index (κ2) is 8.44. The van der Waals surface area contributed by atoms with Crippen molar-refractivity contribution >= 4 is 21.5 Å². The third-order valence-corrected chi connectivity index (χ3v) is 8.84. The number of nitrogens with zero attached hydrogens (tertiary/aromatic N) is 1. The van der Waals surface area contributed by atoms with Crippen molar-refractivity contribution in [3.8, 4) is 0 Å². The first kappa shape index (κ1) is 25.3. The number of hydrogen-bond donors (Lipinski definition) is 1. The van der Waals surface area contributed by atoms with Gasteiger partial charge < -0.3 is 5.32 Å². The lowest BCUT2D eigenvalue weighted by Crippen LogP contribution is -2.49. The SMILES string of the molecule is CC(C)(C1CC(CNC(=O)C2=CC(C(F)(F)F)=NC2)C1)S(=O)(=O)c1cccc(C(F)(F)F)c1. The van der Waals surface area contributed by atoms with Crippen LogP contribution < -0.4 is 5.32 Å². The summed E-state index contributed by atoms with van der Waals surface area (Å²) in [6.45, 7) is 2.70. The molecule has 2 aliphatic rings. The molecule has 1 aromatic carbocycles. The van der Waals surface area contributed by atoms with Crippen LogP contribution in [0.3, 0.4) is 0 Å². The van der Waals surface area contributed by atoms with Crippen molar-refractivity contribution in [3.05, 3.63) is 41.5 Å². The van der Waals surface area contributed by atoms with E-state index >= 15 is 0 Å². The molecule has 1 aliphatic heterocycles. The molecule has 182 valence electrons. The first-order valence-electron chi connectivity index (χ1n) is 10.1. The fourth-order valence-electron chi connectivity index (χ4n) is 3.92. The normalized spacial score (nSPS) is 21.8. The minimum atomic E-state index is -4.67. The Morgan fingerprint density at radius 3 is 2.27 bits per heavy atom. The molecule has 3 rings (SSSR count). The Balaban J connectivity index is 1.58. The molecule has 0 saturated heterocycles. The van der Waals surface area contributed by atoms with Crippen LogP contribution >= 0.6 is 0 Å². The number of carbonyl (C=O) groups is 1. The third-order valence-electron chi connectivity index (χ3n) is 6.25. The van der Waals surface area contributed by atoms with E-state index in [0.717, 1.165) is 18.2 Å². The molecule has 5 nitrogen and oxygen atoms in total. The van der Waals surface area contributed by atoms with Gasteiger partial charge in [-0.1, -0.05) is 6.07 Å². The van der Waals surface area contributed by atoms with Crippen LogP contribution in [0.4, 0.5) is 26.3 Å². The minimum Gasteiger partial charge on any atom is -0.352 e. The number of amides is 1. The number of hydrogen-bond acceptors (Lipinski definition) is 4. The molecule has 1 aliphatic carbocycles. The fourth-order valence-corrected chi connectivity index (χ4v) is 5.70. The van der Waals surface area contributed by atoms with Crippen LogP contribution in [0.15, 0.2) is 45.8 Å². The molecule has 0 spiro atoms. The molecule has 0 bridgehead atoms. The van der Waals surface area contributed by atoms with Gasteiger partial charge in [0.15, 0.2) is 9.84 Å². The number of carbonyl (C=O) groups excluding carboxylic acids is 1. The van der Waals surface area contributed by atoms with Gasteiger partial charge in [0.05, 0.1) is 21.8 Å². The molecule has 1 saturated carbocycles. The van der Waals surface area contributed by atoms with Crippen molar-refractivity contribution in [2.24, 2.45) is 16.8 Å². The number of rotatable bonds is 6.